The molecule has 1 unspecified atom stereocenters. The number of nitrogens with two attached hydrogens (primary N) is 1. The predicted molar refractivity (Wildman–Crippen MR) is 70.1 cm³/mol. The smallest absolute Gasteiger partial charge is 0.243 e. The largest absolute Gasteiger partial charge is 0.399 e. The van der Waals surface area contributed by atoms with Crippen molar-refractivity contribution in [2.45, 2.75) is 38.1 Å². The maximum absolute atomic E-state index is 13.2. The van der Waals surface area contributed by atoms with Crippen molar-refractivity contribution in [3.05, 3.63) is 24.0 Å². The van der Waals surface area contributed by atoms with E-state index < -0.39 is 15.8 Å². The summed E-state index contributed by atoms with van der Waals surface area (Å²) in [6, 6.07) is 3.24. The fourth-order valence-electron chi connectivity index (χ4n) is 1.79. The summed E-state index contributed by atoms with van der Waals surface area (Å²) in [6.07, 6.45) is 0.692. The Morgan fingerprint density at radius 2 is 1.94 bits per heavy atom. The molecule has 0 saturated carbocycles. The third-order valence-electron chi connectivity index (χ3n) is 2.89. The van der Waals surface area contributed by atoms with Crippen molar-refractivity contribution in [3.63, 3.8) is 0 Å². The molecule has 0 heterocycles. The van der Waals surface area contributed by atoms with Crippen LogP contribution in [0.15, 0.2) is 23.1 Å². The molecule has 0 aromatic heterocycles. The number of sulfonamides is 1. The minimum atomic E-state index is -3.69. The molecule has 0 amide bonds. The molecule has 0 saturated heterocycles. The van der Waals surface area contributed by atoms with Crippen LogP contribution in [0.3, 0.4) is 0 Å². The Kier molecular flexibility index (Phi) is 4.70. The Labute approximate surface area is 108 Å². The first-order chi connectivity index (χ1) is 8.32. The van der Waals surface area contributed by atoms with Crippen LogP contribution in [0.1, 0.15) is 27.2 Å². The van der Waals surface area contributed by atoms with Crippen molar-refractivity contribution in [2.75, 3.05) is 12.3 Å². The van der Waals surface area contributed by atoms with E-state index in [1.54, 1.807) is 6.92 Å². The second-order valence-electron chi connectivity index (χ2n) is 4.19. The molecule has 102 valence electrons. The van der Waals surface area contributed by atoms with E-state index in [4.69, 9.17) is 5.73 Å². The van der Waals surface area contributed by atoms with Gasteiger partial charge in [0.2, 0.25) is 10.0 Å². The molecule has 0 fully saturated rings. The van der Waals surface area contributed by atoms with Crippen LogP contribution in [0.4, 0.5) is 10.1 Å². The molecule has 1 aromatic rings. The summed E-state index contributed by atoms with van der Waals surface area (Å²) in [5, 5.41) is 0. The molecule has 0 aliphatic carbocycles. The van der Waals surface area contributed by atoms with E-state index in [0.717, 1.165) is 12.1 Å². The Morgan fingerprint density at radius 1 is 1.33 bits per heavy atom. The van der Waals surface area contributed by atoms with Gasteiger partial charge < -0.3 is 5.73 Å². The highest BCUT2D eigenvalue weighted by molar-refractivity contribution is 7.89. The molecule has 0 radical (unpaired) electrons. The minimum Gasteiger partial charge on any atom is -0.399 e. The molecule has 0 bridgehead atoms. The molecule has 1 aromatic carbocycles. The van der Waals surface area contributed by atoms with Gasteiger partial charge >= 0.3 is 0 Å². The van der Waals surface area contributed by atoms with E-state index in [1.807, 2.05) is 13.8 Å². The van der Waals surface area contributed by atoms with Crippen molar-refractivity contribution < 1.29 is 12.8 Å². The summed E-state index contributed by atoms with van der Waals surface area (Å²) in [5.74, 6) is -0.645. The zero-order valence-electron chi connectivity index (χ0n) is 10.9. The average molecular weight is 274 g/mol. The van der Waals surface area contributed by atoms with Crippen LogP contribution >= 0.6 is 0 Å². The Hall–Kier alpha value is -1.14. The van der Waals surface area contributed by atoms with Crippen LogP contribution in [0.2, 0.25) is 0 Å². The lowest BCUT2D eigenvalue weighted by molar-refractivity contribution is 0.342. The summed E-state index contributed by atoms with van der Waals surface area (Å²) in [7, 11) is -3.69. The van der Waals surface area contributed by atoms with Crippen molar-refractivity contribution in [1.29, 1.82) is 0 Å². The summed E-state index contributed by atoms with van der Waals surface area (Å²) in [5.41, 5.74) is 5.59. The number of hydrogen-bond acceptors (Lipinski definition) is 3. The maximum atomic E-state index is 13.2. The van der Waals surface area contributed by atoms with E-state index >= 15 is 0 Å². The first-order valence-electron chi connectivity index (χ1n) is 5.90. The molecule has 6 heteroatoms. The fourth-order valence-corrected chi connectivity index (χ4v) is 3.57. The Morgan fingerprint density at radius 3 is 2.39 bits per heavy atom. The van der Waals surface area contributed by atoms with Crippen LogP contribution in [0.25, 0.3) is 0 Å². The first-order valence-corrected chi connectivity index (χ1v) is 7.34. The van der Waals surface area contributed by atoms with Gasteiger partial charge in [-0.3, -0.25) is 0 Å². The van der Waals surface area contributed by atoms with Crippen LogP contribution in [0.5, 0.6) is 0 Å². The monoisotopic (exact) mass is 274 g/mol. The number of nitrogens with zero attached hydrogens (tertiary/aromatic N) is 1. The lowest BCUT2D eigenvalue weighted by Crippen LogP contribution is -2.38. The van der Waals surface area contributed by atoms with Crippen molar-refractivity contribution in [1.82, 2.24) is 4.31 Å². The summed E-state index contributed by atoms with van der Waals surface area (Å²) in [4.78, 5) is -0.0952. The highest BCUT2D eigenvalue weighted by atomic mass is 32.2. The van der Waals surface area contributed by atoms with Crippen molar-refractivity contribution >= 4 is 15.7 Å². The fraction of sp³-hybridized carbons (Fsp3) is 0.500. The molecule has 2 N–H and O–H groups in total. The van der Waals surface area contributed by atoms with Crippen LogP contribution in [-0.4, -0.2) is 25.3 Å². The highest BCUT2D eigenvalue weighted by Gasteiger charge is 2.27. The van der Waals surface area contributed by atoms with Crippen LogP contribution < -0.4 is 5.73 Å². The van der Waals surface area contributed by atoms with Gasteiger partial charge in [-0.15, -0.1) is 0 Å². The maximum Gasteiger partial charge on any atom is 0.243 e. The SMILES string of the molecule is CCC(C)N(CC)S(=O)(=O)c1cc(N)cc(F)c1. The number of anilines is 1. The van der Waals surface area contributed by atoms with Gasteiger partial charge in [0.25, 0.3) is 0 Å². The second kappa shape index (κ2) is 5.67. The standard InChI is InChI=1S/C12H19FN2O2S/c1-4-9(3)15(5-2)18(16,17)12-7-10(13)6-11(14)8-12/h6-9H,4-5,14H2,1-3H3. The minimum absolute atomic E-state index is 0.0952. The van der Waals surface area contributed by atoms with Gasteiger partial charge in [-0.05, 0) is 31.5 Å². The first kappa shape index (κ1) is 14.9. The second-order valence-corrected chi connectivity index (χ2v) is 6.08. The van der Waals surface area contributed by atoms with Crippen LogP contribution in [0, 0.1) is 5.82 Å². The van der Waals surface area contributed by atoms with Gasteiger partial charge in [-0.1, -0.05) is 13.8 Å². The van der Waals surface area contributed by atoms with Gasteiger partial charge in [0.05, 0.1) is 4.90 Å². The third-order valence-corrected chi connectivity index (χ3v) is 4.96. The topological polar surface area (TPSA) is 63.4 Å². The van der Waals surface area contributed by atoms with Crippen molar-refractivity contribution in [2.24, 2.45) is 0 Å². The normalized spacial score (nSPS) is 13.8. The third kappa shape index (κ3) is 3.00. The quantitative estimate of drug-likeness (QED) is 0.837. The zero-order chi connectivity index (χ0) is 13.9. The number of benzene rings is 1. The summed E-state index contributed by atoms with van der Waals surface area (Å²) < 4.78 is 39.3. The lowest BCUT2D eigenvalue weighted by Gasteiger charge is -2.26. The molecule has 0 aliphatic rings. The van der Waals surface area contributed by atoms with E-state index in [2.05, 4.69) is 0 Å². The molecule has 1 rings (SSSR count). The molecular formula is C12H19FN2O2S. The van der Waals surface area contributed by atoms with E-state index in [9.17, 15) is 12.8 Å². The van der Waals surface area contributed by atoms with E-state index in [-0.39, 0.29) is 16.6 Å². The van der Waals surface area contributed by atoms with Gasteiger partial charge in [-0.2, -0.15) is 4.31 Å². The molecule has 18 heavy (non-hydrogen) atoms. The van der Waals surface area contributed by atoms with E-state index in [1.165, 1.54) is 10.4 Å². The molecule has 1 atom stereocenters. The Balaban J connectivity index is 3.27. The van der Waals surface area contributed by atoms with Gasteiger partial charge in [0, 0.05) is 18.3 Å². The average Bonchev–Trinajstić information content (AvgIpc) is 2.28. The van der Waals surface area contributed by atoms with Gasteiger partial charge in [-0.25, -0.2) is 12.8 Å². The predicted octanol–water partition coefficient (Wildman–Crippen LogP) is 2.22. The molecule has 0 aliphatic heterocycles. The molecule has 0 spiro atoms. The van der Waals surface area contributed by atoms with Gasteiger partial charge in [0.1, 0.15) is 5.82 Å². The molecular weight excluding hydrogens is 255 g/mol. The summed E-state index contributed by atoms with van der Waals surface area (Å²) >= 11 is 0. The number of hydrogen-bond donors (Lipinski definition) is 1. The summed E-state index contributed by atoms with van der Waals surface area (Å²) in [6.45, 7) is 5.83. The number of rotatable bonds is 5. The number of nitrogen functional groups attached to an aromatic ring is 1. The highest BCUT2D eigenvalue weighted by Crippen LogP contribution is 2.22. The Bertz CT molecular complexity index is 497. The molecule has 4 nitrogen and oxygen atoms in total. The van der Waals surface area contributed by atoms with Gasteiger partial charge in [0.15, 0.2) is 0 Å². The van der Waals surface area contributed by atoms with Crippen molar-refractivity contribution in [3.8, 4) is 0 Å². The van der Waals surface area contributed by atoms with Crippen LogP contribution in [-0.2, 0) is 10.0 Å². The van der Waals surface area contributed by atoms with E-state index in [0.29, 0.717) is 13.0 Å². The number of halogens is 1. The zero-order valence-corrected chi connectivity index (χ0v) is 11.7. The lowest BCUT2D eigenvalue weighted by atomic mass is 10.3.